The summed E-state index contributed by atoms with van der Waals surface area (Å²) < 4.78 is 0. The summed E-state index contributed by atoms with van der Waals surface area (Å²) in [4.78, 5) is 0. The van der Waals surface area contributed by atoms with E-state index in [2.05, 4.69) is 20.8 Å². The van der Waals surface area contributed by atoms with E-state index in [1.165, 1.54) is 6.42 Å². The number of hydrogen-bond donors (Lipinski definition) is 0. The average molecular weight is 204 g/mol. The summed E-state index contributed by atoms with van der Waals surface area (Å²) in [7, 11) is 0. The molecule has 1 aliphatic carbocycles. The molecule has 1 aliphatic rings. The Balaban J connectivity index is -0.0000000542. The molecule has 1 saturated carbocycles. The lowest BCUT2D eigenvalue weighted by Gasteiger charge is -1.91. The highest BCUT2D eigenvalue weighted by atomic mass is 14.5. The third-order valence-electron chi connectivity index (χ3n) is 2.01. The summed E-state index contributed by atoms with van der Waals surface area (Å²) in [6.07, 6.45) is 1.44. The first-order valence-corrected chi connectivity index (χ1v) is 6.63. The van der Waals surface area contributed by atoms with E-state index >= 15 is 0 Å². The Hall–Kier alpha value is 0. The molecule has 0 nitrogen and oxygen atoms in total. The van der Waals surface area contributed by atoms with Crippen LogP contribution < -0.4 is 0 Å². The normalized spacial score (nSPS) is 18.6. The van der Waals surface area contributed by atoms with E-state index in [0.29, 0.717) is 5.41 Å². The molecule has 0 heteroatoms. The molecule has 1 fully saturated rings. The minimum absolute atomic E-state index is 0.708. The maximum absolute atomic E-state index is 2.32. The molecule has 0 heterocycles. The SMILES string of the molecule is CC.CC.CC.CC.CC1CC1(C)C. The predicted octanol–water partition coefficient (Wildman–Crippen LogP) is 6.16. The van der Waals surface area contributed by atoms with E-state index in [0.717, 1.165) is 5.92 Å². The number of rotatable bonds is 0. The fraction of sp³-hybridized carbons (Fsp3) is 1.00. The fourth-order valence-electron chi connectivity index (χ4n) is 0.730. The molecule has 0 aromatic carbocycles. The lowest BCUT2D eigenvalue weighted by Crippen LogP contribution is -1.82. The molecule has 0 radical (unpaired) electrons. The van der Waals surface area contributed by atoms with Crippen molar-refractivity contribution in [2.45, 2.75) is 82.6 Å². The molecule has 1 rings (SSSR count). The van der Waals surface area contributed by atoms with Crippen LogP contribution in [0.15, 0.2) is 0 Å². The Bertz CT molecular complexity index is 62.4. The molecule has 0 aromatic heterocycles. The zero-order valence-electron chi connectivity index (χ0n) is 12.8. The molecule has 0 spiro atoms. The van der Waals surface area contributed by atoms with Crippen LogP contribution in [0.4, 0.5) is 0 Å². The fourth-order valence-corrected chi connectivity index (χ4v) is 0.730. The summed E-state index contributed by atoms with van der Waals surface area (Å²) in [5.74, 6) is 0.998. The zero-order valence-corrected chi connectivity index (χ0v) is 12.8. The first kappa shape index (κ1) is 23.7. The Morgan fingerprint density at radius 3 is 0.786 bits per heavy atom. The van der Waals surface area contributed by atoms with Crippen LogP contribution >= 0.6 is 0 Å². The van der Waals surface area contributed by atoms with Crippen LogP contribution in [0.1, 0.15) is 82.6 Å². The molecule has 0 aliphatic heterocycles. The van der Waals surface area contributed by atoms with Crippen molar-refractivity contribution in [3.63, 3.8) is 0 Å². The highest BCUT2D eigenvalue weighted by Gasteiger charge is 2.41. The van der Waals surface area contributed by atoms with Gasteiger partial charge in [0.15, 0.2) is 0 Å². The van der Waals surface area contributed by atoms with Gasteiger partial charge in [-0.15, -0.1) is 0 Å². The van der Waals surface area contributed by atoms with Gasteiger partial charge in [-0.3, -0.25) is 0 Å². The van der Waals surface area contributed by atoms with E-state index in [1.807, 2.05) is 55.4 Å². The van der Waals surface area contributed by atoms with Crippen molar-refractivity contribution in [2.75, 3.05) is 0 Å². The largest absolute Gasteiger partial charge is 0.0683 e. The van der Waals surface area contributed by atoms with Gasteiger partial charge in [0, 0.05) is 0 Å². The second-order valence-corrected chi connectivity index (χ2v) is 3.09. The highest BCUT2D eigenvalue weighted by Crippen LogP contribution is 2.50. The number of hydrogen-bond acceptors (Lipinski definition) is 0. The summed E-state index contributed by atoms with van der Waals surface area (Å²) in [5.41, 5.74) is 0.708. The molecule has 14 heavy (non-hydrogen) atoms. The monoisotopic (exact) mass is 204 g/mol. The molecular formula is C14H36. The van der Waals surface area contributed by atoms with E-state index in [1.54, 1.807) is 0 Å². The smallest absolute Gasteiger partial charge is 0.0326 e. The Labute approximate surface area is 94.5 Å². The van der Waals surface area contributed by atoms with Gasteiger partial charge in [-0.1, -0.05) is 76.2 Å². The molecule has 0 N–H and O–H groups in total. The topological polar surface area (TPSA) is 0 Å². The summed E-state index contributed by atoms with van der Waals surface area (Å²) >= 11 is 0. The molecule has 0 saturated heterocycles. The summed E-state index contributed by atoms with van der Waals surface area (Å²) in [6, 6.07) is 0. The lowest BCUT2D eigenvalue weighted by molar-refractivity contribution is 0.586. The molecule has 0 aromatic rings. The van der Waals surface area contributed by atoms with Gasteiger partial charge in [-0.05, 0) is 17.8 Å². The molecule has 92 valence electrons. The second-order valence-electron chi connectivity index (χ2n) is 3.09. The predicted molar refractivity (Wildman–Crippen MR) is 73.0 cm³/mol. The molecule has 0 amide bonds. The Morgan fingerprint density at radius 1 is 0.714 bits per heavy atom. The van der Waals surface area contributed by atoms with Crippen LogP contribution in [0.3, 0.4) is 0 Å². The van der Waals surface area contributed by atoms with Crippen molar-refractivity contribution in [3.05, 3.63) is 0 Å². The van der Waals surface area contributed by atoms with Gasteiger partial charge in [0.25, 0.3) is 0 Å². The first-order chi connectivity index (χ1) is 6.63. The molecule has 1 unspecified atom stereocenters. The van der Waals surface area contributed by atoms with Crippen molar-refractivity contribution in [1.29, 1.82) is 0 Å². The maximum atomic E-state index is 2.32. The van der Waals surface area contributed by atoms with E-state index in [9.17, 15) is 0 Å². The van der Waals surface area contributed by atoms with E-state index in [-0.39, 0.29) is 0 Å². The van der Waals surface area contributed by atoms with E-state index in [4.69, 9.17) is 0 Å². The molecule has 0 bridgehead atoms. The third-order valence-corrected chi connectivity index (χ3v) is 2.01. The van der Waals surface area contributed by atoms with E-state index < -0.39 is 0 Å². The van der Waals surface area contributed by atoms with Crippen molar-refractivity contribution < 1.29 is 0 Å². The average Bonchev–Trinajstić information content (AvgIpc) is 2.83. The van der Waals surface area contributed by atoms with Crippen LogP contribution in [-0.2, 0) is 0 Å². The van der Waals surface area contributed by atoms with Gasteiger partial charge in [-0.25, -0.2) is 0 Å². The Kier molecular flexibility index (Phi) is 31.6. The first-order valence-electron chi connectivity index (χ1n) is 6.63. The summed E-state index contributed by atoms with van der Waals surface area (Å²) in [6.45, 7) is 22.9. The van der Waals surface area contributed by atoms with Gasteiger partial charge in [0.05, 0.1) is 0 Å². The van der Waals surface area contributed by atoms with Crippen LogP contribution in [0.25, 0.3) is 0 Å². The van der Waals surface area contributed by atoms with Crippen molar-refractivity contribution >= 4 is 0 Å². The quantitative estimate of drug-likeness (QED) is 0.443. The van der Waals surface area contributed by atoms with Crippen molar-refractivity contribution in [1.82, 2.24) is 0 Å². The molecular weight excluding hydrogens is 168 g/mol. The third kappa shape index (κ3) is 17.9. The minimum Gasteiger partial charge on any atom is -0.0683 e. The van der Waals surface area contributed by atoms with Crippen molar-refractivity contribution in [2.24, 2.45) is 11.3 Å². The van der Waals surface area contributed by atoms with Crippen LogP contribution in [0.5, 0.6) is 0 Å². The van der Waals surface area contributed by atoms with Crippen molar-refractivity contribution in [3.8, 4) is 0 Å². The maximum Gasteiger partial charge on any atom is -0.0326 e. The highest BCUT2D eigenvalue weighted by molar-refractivity contribution is 4.91. The van der Waals surface area contributed by atoms with Gasteiger partial charge < -0.3 is 0 Å². The summed E-state index contributed by atoms with van der Waals surface area (Å²) in [5, 5.41) is 0. The standard InChI is InChI=1S/C6H12.4C2H6/c1-5-4-6(5,2)3;4*1-2/h5H,4H2,1-3H3;4*1-2H3. The van der Waals surface area contributed by atoms with Crippen LogP contribution in [0.2, 0.25) is 0 Å². The van der Waals surface area contributed by atoms with Gasteiger partial charge >= 0.3 is 0 Å². The Morgan fingerprint density at radius 2 is 0.786 bits per heavy atom. The van der Waals surface area contributed by atoms with Gasteiger partial charge in [0.2, 0.25) is 0 Å². The second kappa shape index (κ2) is 18.7. The van der Waals surface area contributed by atoms with Crippen LogP contribution in [0, 0.1) is 11.3 Å². The van der Waals surface area contributed by atoms with Gasteiger partial charge in [0.1, 0.15) is 0 Å². The molecule has 1 atom stereocenters. The lowest BCUT2D eigenvalue weighted by atomic mass is 10.1. The van der Waals surface area contributed by atoms with Gasteiger partial charge in [-0.2, -0.15) is 0 Å². The zero-order chi connectivity index (χ0) is 12.8. The minimum atomic E-state index is 0.708. The van der Waals surface area contributed by atoms with Crippen LogP contribution in [-0.4, -0.2) is 0 Å².